The third-order valence-electron chi connectivity index (χ3n) is 2.83. The quantitative estimate of drug-likeness (QED) is 0.601. The molecule has 1 aromatic rings. The van der Waals surface area contributed by atoms with Crippen LogP contribution in [-0.2, 0) is 0 Å². The lowest BCUT2D eigenvalue weighted by molar-refractivity contribution is 0.585. The number of unbranched alkanes of at least 4 members (excludes halogenated alkanes) is 4. The van der Waals surface area contributed by atoms with Gasteiger partial charge < -0.3 is 0 Å². The molecule has 0 saturated heterocycles. The molecule has 1 heteroatoms. The molecule has 0 bridgehead atoms. The predicted molar refractivity (Wildman–Crippen MR) is 65.7 cm³/mol. The minimum Gasteiger partial charge on any atom is -0.265 e. The SMILES string of the molecule is [CH2]C(CCCCCCC)c1ccncc1. The van der Waals surface area contributed by atoms with E-state index in [4.69, 9.17) is 0 Å². The molecule has 0 saturated carbocycles. The van der Waals surface area contributed by atoms with Crippen molar-refractivity contribution < 1.29 is 0 Å². The molecule has 1 heterocycles. The molecule has 1 radical (unpaired) electrons. The van der Waals surface area contributed by atoms with E-state index in [9.17, 15) is 0 Å². The lowest BCUT2D eigenvalue weighted by atomic mass is 9.96. The van der Waals surface area contributed by atoms with E-state index in [1.807, 2.05) is 12.4 Å². The Morgan fingerprint density at radius 2 is 1.80 bits per heavy atom. The molecule has 1 atom stereocenters. The van der Waals surface area contributed by atoms with Gasteiger partial charge in [0.2, 0.25) is 0 Å². The van der Waals surface area contributed by atoms with Crippen LogP contribution in [0.3, 0.4) is 0 Å². The third-order valence-corrected chi connectivity index (χ3v) is 2.83. The number of hydrogen-bond donors (Lipinski definition) is 0. The minimum absolute atomic E-state index is 0.439. The van der Waals surface area contributed by atoms with Gasteiger partial charge in [-0.25, -0.2) is 0 Å². The van der Waals surface area contributed by atoms with Gasteiger partial charge in [0.15, 0.2) is 0 Å². The largest absolute Gasteiger partial charge is 0.265 e. The van der Waals surface area contributed by atoms with Gasteiger partial charge in [0.05, 0.1) is 0 Å². The smallest absolute Gasteiger partial charge is 0.0270 e. The summed E-state index contributed by atoms with van der Waals surface area (Å²) in [5.74, 6) is 0.439. The summed E-state index contributed by atoms with van der Waals surface area (Å²) in [6, 6.07) is 4.15. The molecule has 0 N–H and O–H groups in total. The number of aromatic nitrogens is 1. The highest BCUT2D eigenvalue weighted by Gasteiger charge is 2.03. The van der Waals surface area contributed by atoms with Crippen molar-refractivity contribution in [2.24, 2.45) is 0 Å². The van der Waals surface area contributed by atoms with E-state index < -0.39 is 0 Å². The summed E-state index contributed by atoms with van der Waals surface area (Å²) in [6.07, 6.45) is 11.6. The maximum absolute atomic E-state index is 4.20. The summed E-state index contributed by atoms with van der Waals surface area (Å²) in [7, 11) is 0. The molecule has 1 unspecified atom stereocenters. The topological polar surface area (TPSA) is 12.9 Å². The Morgan fingerprint density at radius 1 is 1.13 bits per heavy atom. The maximum atomic E-state index is 4.20. The van der Waals surface area contributed by atoms with Gasteiger partial charge in [-0.05, 0) is 37.0 Å². The Balaban J connectivity index is 2.16. The summed E-state index contributed by atoms with van der Waals surface area (Å²) in [5.41, 5.74) is 1.32. The highest BCUT2D eigenvalue weighted by atomic mass is 14.6. The van der Waals surface area contributed by atoms with Gasteiger partial charge in [-0.3, -0.25) is 4.98 Å². The fraction of sp³-hybridized carbons (Fsp3) is 0.571. The van der Waals surface area contributed by atoms with Crippen LogP contribution in [0.15, 0.2) is 24.5 Å². The Labute approximate surface area is 93.9 Å². The van der Waals surface area contributed by atoms with Gasteiger partial charge in [-0.15, -0.1) is 0 Å². The van der Waals surface area contributed by atoms with Crippen LogP contribution in [0, 0.1) is 6.92 Å². The van der Waals surface area contributed by atoms with E-state index in [0.29, 0.717) is 5.92 Å². The van der Waals surface area contributed by atoms with Crippen molar-refractivity contribution >= 4 is 0 Å². The van der Waals surface area contributed by atoms with Crippen LogP contribution in [0.1, 0.15) is 56.9 Å². The third kappa shape index (κ3) is 4.96. The van der Waals surface area contributed by atoms with Crippen LogP contribution in [0.4, 0.5) is 0 Å². The van der Waals surface area contributed by atoms with Crippen LogP contribution < -0.4 is 0 Å². The normalized spacial score (nSPS) is 12.7. The molecule has 0 aliphatic heterocycles. The van der Waals surface area contributed by atoms with Crippen molar-refractivity contribution in [2.75, 3.05) is 0 Å². The van der Waals surface area contributed by atoms with Crippen molar-refractivity contribution in [2.45, 2.75) is 51.4 Å². The maximum Gasteiger partial charge on any atom is 0.0270 e. The van der Waals surface area contributed by atoms with E-state index in [-0.39, 0.29) is 0 Å². The van der Waals surface area contributed by atoms with Crippen molar-refractivity contribution in [3.05, 3.63) is 37.0 Å². The Kier molecular flexibility index (Phi) is 6.06. The van der Waals surface area contributed by atoms with E-state index in [1.54, 1.807) is 0 Å². The Hall–Kier alpha value is -0.850. The summed E-state index contributed by atoms with van der Waals surface area (Å²) >= 11 is 0. The van der Waals surface area contributed by atoms with Gasteiger partial charge in [0.1, 0.15) is 0 Å². The second-order valence-electron chi connectivity index (χ2n) is 4.18. The molecule has 0 aliphatic rings. The Bertz CT molecular complexity index is 243. The van der Waals surface area contributed by atoms with E-state index in [2.05, 4.69) is 31.0 Å². The molecule has 0 amide bonds. The minimum atomic E-state index is 0.439. The van der Waals surface area contributed by atoms with Crippen molar-refractivity contribution in [1.29, 1.82) is 0 Å². The average Bonchev–Trinajstić information content (AvgIpc) is 2.30. The number of pyridine rings is 1. The highest BCUT2D eigenvalue weighted by Crippen LogP contribution is 2.20. The summed E-state index contributed by atoms with van der Waals surface area (Å²) in [6.45, 7) is 6.45. The van der Waals surface area contributed by atoms with Crippen LogP contribution in [0.5, 0.6) is 0 Å². The molecule has 1 nitrogen and oxygen atoms in total. The summed E-state index contributed by atoms with van der Waals surface area (Å²) in [5, 5.41) is 0. The molecule has 0 aromatic carbocycles. The standard InChI is InChI=1S/C14H22N/c1-3-4-5-6-7-8-13(2)14-9-11-15-12-10-14/h9-13H,2-8H2,1H3. The van der Waals surface area contributed by atoms with Crippen molar-refractivity contribution in [3.8, 4) is 0 Å². The zero-order valence-corrected chi connectivity index (χ0v) is 9.78. The Morgan fingerprint density at radius 3 is 2.47 bits per heavy atom. The lowest BCUT2D eigenvalue weighted by Gasteiger charge is -2.10. The predicted octanol–water partition coefficient (Wildman–Crippen LogP) is 4.36. The first-order valence-corrected chi connectivity index (χ1v) is 6.07. The second-order valence-corrected chi connectivity index (χ2v) is 4.18. The first kappa shape index (κ1) is 12.2. The molecule has 0 fully saturated rings. The van der Waals surface area contributed by atoms with E-state index in [0.717, 1.165) is 0 Å². The van der Waals surface area contributed by atoms with Gasteiger partial charge in [0.25, 0.3) is 0 Å². The molecule has 0 aliphatic carbocycles. The second kappa shape index (κ2) is 7.44. The molecular formula is C14H22N. The monoisotopic (exact) mass is 204 g/mol. The van der Waals surface area contributed by atoms with Crippen molar-refractivity contribution in [1.82, 2.24) is 4.98 Å². The van der Waals surface area contributed by atoms with Crippen LogP contribution >= 0.6 is 0 Å². The molecule has 83 valence electrons. The van der Waals surface area contributed by atoms with Gasteiger partial charge in [-0.2, -0.15) is 0 Å². The molecule has 0 spiro atoms. The molecule has 1 rings (SSSR count). The van der Waals surface area contributed by atoms with Gasteiger partial charge in [-0.1, -0.05) is 39.0 Å². The number of hydrogen-bond acceptors (Lipinski definition) is 1. The fourth-order valence-corrected chi connectivity index (χ4v) is 1.80. The van der Waals surface area contributed by atoms with Crippen LogP contribution in [0.2, 0.25) is 0 Å². The molecule has 15 heavy (non-hydrogen) atoms. The first-order valence-electron chi connectivity index (χ1n) is 6.07. The van der Waals surface area contributed by atoms with Gasteiger partial charge >= 0.3 is 0 Å². The highest BCUT2D eigenvalue weighted by molar-refractivity contribution is 5.16. The van der Waals surface area contributed by atoms with Gasteiger partial charge in [0, 0.05) is 12.4 Å². The zero-order chi connectivity index (χ0) is 10.9. The van der Waals surface area contributed by atoms with Crippen LogP contribution in [0.25, 0.3) is 0 Å². The van der Waals surface area contributed by atoms with E-state index in [1.165, 1.54) is 44.1 Å². The lowest BCUT2D eigenvalue weighted by Crippen LogP contribution is -1.94. The van der Waals surface area contributed by atoms with Crippen LogP contribution in [-0.4, -0.2) is 4.98 Å². The zero-order valence-electron chi connectivity index (χ0n) is 9.78. The fourth-order valence-electron chi connectivity index (χ4n) is 1.80. The first-order chi connectivity index (χ1) is 7.34. The summed E-state index contributed by atoms with van der Waals surface area (Å²) < 4.78 is 0. The number of nitrogens with zero attached hydrogens (tertiary/aromatic N) is 1. The van der Waals surface area contributed by atoms with E-state index >= 15 is 0 Å². The molecule has 1 aromatic heterocycles. The van der Waals surface area contributed by atoms with Crippen molar-refractivity contribution in [3.63, 3.8) is 0 Å². The summed E-state index contributed by atoms with van der Waals surface area (Å²) in [4.78, 5) is 4.02. The average molecular weight is 204 g/mol. The molecular weight excluding hydrogens is 182 g/mol. The number of rotatable bonds is 7.